The molecule has 24 heavy (non-hydrogen) atoms. The summed E-state index contributed by atoms with van der Waals surface area (Å²) in [4.78, 5) is 36.9. The van der Waals surface area contributed by atoms with Gasteiger partial charge in [0, 0.05) is 12.1 Å². The van der Waals surface area contributed by atoms with Crippen molar-refractivity contribution >= 4 is 18.0 Å². The molecule has 2 amide bonds. The normalized spacial score (nSPS) is 15.0. The molecular weight excluding hydrogens is 316 g/mol. The van der Waals surface area contributed by atoms with Gasteiger partial charge in [0.25, 0.3) is 5.91 Å². The minimum absolute atomic E-state index is 0.194. The number of nitrogens with one attached hydrogen (secondary N) is 1. The number of carbonyl (C=O) groups excluding carboxylic acids is 2. The number of hydrogen-bond acceptors (Lipinski definition) is 5. The van der Waals surface area contributed by atoms with Gasteiger partial charge >= 0.3 is 12.1 Å². The fourth-order valence-electron chi connectivity index (χ4n) is 2.53. The number of terminal acetylenes is 1. The molecule has 126 valence electrons. The number of esters is 1. The van der Waals surface area contributed by atoms with Crippen LogP contribution in [0.2, 0.25) is 0 Å². The van der Waals surface area contributed by atoms with Crippen LogP contribution in [0.4, 0.5) is 4.79 Å². The van der Waals surface area contributed by atoms with Gasteiger partial charge in [-0.25, -0.2) is 9.59 Å². The summed E-state index contributed by atoms with van der Waals surface area (Å²) in [5, 5.41) is 10.9. The summed E-state index contributed by atoms with van der Waals surface area (Å²) in [7, 11) is 2.57. The van der Waals surface area contributed by atoms with E-state index in [9.17, 15) is 14.4 Å². The average molecular weight is 332 g/mol. The zero-order valence-corrected chi connectivity index (χ0v) is 13.2. The molecule has 1 aromatic carbocycles. The summed E-state index contributed by atoms with van der Waals surface area (Å²) < 4.78 is 9.69. The van der Waals surface area contributed by atoms with Crippen LogP contribution >= 0.6 is 0 Å². The Morgan fingerprint density at radius 2 is 2.17 bits per heavy atom. The van der Waals surface area contributed by atoms with Gasteiger partial charge in [-0.2, -0.15) is 0 Å². The zero-order chi connectivity index (χ0) is 17.9. The van der Waals surface area contributed by atoms with Gasteiger partial charge in [0.2, 0.25) is 5.54 Å². The topological polar surface area (TPSA) is 105 Å². The van der Waals surface area contributed by atoms with Crippen LogP contribution in [0.15, 0.2) is 18.2 Å². The number of benzene rings is 1. The smallest absolute Gasteiger partial charge is 0.406 e. The van der Waals surface area contributed by atoms with E-state index in [-0.39, 0.29) is 19.0 Å². The SMILES string of the molecule is C#C[C@](CN1Cc2ccc(OC)cc2C1=O)(NC(=O)O)C(=O)OC. The molecule has 0 radical (unpaired) electrons. The number of carboxylic acid groups (broad SMARTS) is 1. The van der Waals surface area contributed by atoms with E-state index >= 15 is 0 Å². The summed E-state index contributed by atoms with van der Waals surface area (Å²) in [6, 6.07) is 5.02. The van der Waals surface area contributed by atoms with Crippen molar-refractivity contribution in [1.82, 2.24) is 10.2 Å². The predicted octanol–water partition coefficient (Wildman–Crippen LogP) is 0.464. The summed E-state index contributed by atoms with van der Waals surface area (Å²) in [5.41, 5.74) is -0.838. The maximum absolute atomic E-state index is 12.5. The maximum atomic E-state index is 12.5. The van der Waals surface area contributed by atoms with Crippen LogP contribution in [0.5, 0.6) is 5.75 Å². The molecule has 0 saturated carbocycles. The molecule has 1 aliphatic rings. The Labute approximate surface area is 138 Å². The van der Waals surface area contributed by atoms with Crippen LogP contribution in [0.3, 0.4) is 0 Å². The number of ether oxygens (including phenoxy) is 2. The van der Waals surface area contributed by atoms with Crippen molar-refractivity contribution in [3.8, 4) is 18.1 Å². The molecule has 0 aromatic heterocycles. The van der Waals surface area contributed by atoms with Crippen LogP contribution in [-0.4, -0.2) is 54.3 Å². The van der Waals surface area contributed by atoms with Gasteiger partial charge in [0.1, 0.15) is 5.75 Å². The van der Waals surface area contributed by atoms with Crippen molar-refractivity contribution in [2.75, 3.05) is 20.8 Å². The van der Waals surface area contributed by atoms with Gasteiger partial charge in [0.15, 0.2) is 0 Å². The highest BCUT2D eigenvalue weighted by molar-refractivity contribution is 5.99. The standard InChI is InChI=1S/C16H16N2O6/c1-4-16(14(20)24-3,17-15(21)22)9-18-8-10-5-6-11(23-2)7-12(10)13(18)19/h1,5-7,17H,8-9H2,2-3H3,(H,21,22)/t16-/m1/s1. The van der Waals surface area contributed by atoms with Crippen molar-refractivity contribution in [2.45, 2.75) is 12.1 Å². The summed E-state index contributed by atoms with van der Waals surface area (Å²) in [6.45, 7) is -0.155. The first-order valence-corrected chi connectivity index (χ1v) is 6.90. The van der Waals surface area contributed by atoms with E-state index in [0.29, 0.717) is 11.3 Å². The van der Waals surface area contributed by atoms with Gasteiger partial charge in [-0.15, -0.1) is 6.42 Å². The van der Waals surface area contributed by atoms with Gasteiger partial charge in [-0.3, -0.25) is 10.1 Å². The number of methoxy groups -OCH3 is 2. The number of hydrogen-bond donors (Lipinski definition) is 2. The third-order valence-corrected chi connectivity index (χ3v) is 3.72. The van der Waals surface area contributed by atoms with Gasteiger partial charge in [0.05, 0.1) is 20.8 Å². The van der Waals surface area contributed by atoms with Crippen molar-refractivity contribution in [2.24, 2.45) is 0 Å². The second kappa shape index (κ2) is 6.50. The minimum atomic E-state index is -1.98. The summed E-state index contributed by atoms with van der Waals surface area (Å²) in [5.74, 6) is 1.29. The van der Waals surface area contributed by atoms with Gasteiger partial charge in [-0.1, -0.05) is 12.0 Å². The lowest BCUT2D eigenvalue weighted by Crippen LogP contribution is -2.60. The Hall–Kier alpha value is -3.21. The molecule has 1 aliphatic heterocycles. The fraction of sp³-hybridized carbons (Fsp3) is 0.312. The Balaban J connectivity index is 2.31. The van der Waals surface area contributed by atoms with Crippen molar-refractivity contribution < 1.29 is 29.0 Å². The minimum Gasteiger partial charge on any atom is -0.497 e. The maximum Gasteiger partial charge on any atom is 0.406 e. The number of amides is 2. The summed E-state index contributed by atoms with van der Waals surface area (Å²) in [6.07, 6.45) is 3.88. The van der Waals surface area contributed by atoms with E-state index in [1.807, 2.05) is 5.32 Å². The van der Waals surface area contributed by atoms with Crippen LogP contribution in [0.1, 0.15) is 15.9 Å². The highest BCUT2D eigenvalue weighted by Crippen LogP contribution is 2.28. The molecule has 8 heteroatoms. The van der Waals surface area contributed by atoms with E-state index < -0.39 is 17.6 Å². The molecule has 0 aliphatic carbocycles. The van der Waals surface area contributed by atoms with Crippen molar-refractivity contribution in [3.63, 3.8) is 0 Å². The lowest BCUT2D eigenvalue weighted by Gasteiger charge is -2.29. The third kappa shape index (κ3) is 2.96. The van der Waals surface area contributed by atoms with Gasteiger partial charge in [-0.05, 0) is 17.7 Å². The van der Waals surface area contributed by atoms with E-state index in [4.69, 9.17) is 16.3 Å². The molecule has 2 N–H and O–H groups in total. The van der Waals surface area contributed by atoms with E-state index in [0.717, 1.165) is 12.7 Å². The lowest BCUT2D eigenvalue weighted by atomic mass is 10.0. The molecule has 1 heterocycles. The molecule has 1 atom stereocenters. The first-order valence-electron chi connectivity index (χ1n) is 6.90. The Bertz CT molecular complexity index is 739. The first kappa shape index (κ1) is 17.1. The van der Waals surface area contributed by atoms with Crippen LogP contribution < -0.4 is 10.1 Å². The Morgan fingerprint density at radius 3 is 2.71 bits per heavy atom. The quantitative estimate of drug-likeness (QED) is 0.600. The largest absolute Gasteiger partial charge is 0.497 e. The molecule has 1 aromatic rings. The average Bonchev–Trinajstić information content (AvgIpc) is 2.88. The van der Waals surface area contributed by atoms with Crippen molar-refractivity contribution in [3.05, 3.63) is 29.3 Å². The van der Waals surface area contributed by atoms with Gasteiger partial charge < -0.3 is 19.5 Å². The molecule has 8 nitrogen and oxygen atoms in total. The predicted molar refractivity (Wildman–Crippen MR) is 82.5 cm³/mol. The van der Waals surface area contributed by atoms with E-state index in [2.05, 4.69) is 10.7 Å². The number of nitrogens with zero attached hydrogens (tertiary/aromatic N) is 1. The highest BCUT2D eigenvalue weighted by atomic mass is 16.5. The molecule has 0 saturated heterocycles. The molecule has 0 fully saturated rings. The third-order valence-electron chi connectivity index (χ3n) is 3.72. The van der Waals surface area contributed by atoms with E-state index in [1.165, 1.54) is 12.0 Å². The fourth-order valence-corrected chi connectivity index (χ4v) is 2.53. The molecule has 0 unspecified atom stereocenters. The second-order valence-corrected chi connectivity index (χ2v) is 5.16. The van der Waals surface area contributed by atoms with Crippen molar-refractivity contribution in [1.29, 1.82) is 0 Å². The number of fused-ring (bicyclic) bond motifs is 1. The highest BCUT2D eigenvalue weighted by Gasteiger charge is 2.44. The molecular formula is C16H16N2O6. The Kier molecular flexibility index (Phi) is 4.64. The molecule has 0 spiro atoms. The monoisotopic (exact) mass is 332 g/mol. The molecule has 2 rings (SSSR count). The second-order valence-electron chi connectivity index (χ2n) is 5.16. The molecule has 0 bridgehead atoms. The Morgan fingerprint density at radius 1 is 1.46 bits per heavy atom. The lowest BCUT2D eigenvalue weighted by molar-refractivity contribution is -0.146. The van der Waals surface area contributed by atoms with Crippen LogP contribution in [-0.2, 0) is 16.1 Å². The van der Waals surface area contributed by atoms with Crippen LogP contribution in [0, 0.1) is 12.3 Å². The van der Waals surface area contributed by atoms with E-state index in [1.54, 1.807) is 18.2 Å². The number of carbonyl (C=O) groups is 3. The first-order chi connectivity index (χ1) is 11.4. The number of rotatable bonds is 5. The van der Waals surface area contributed by atoms with Crippen LogP contribution in [0.25, 0.3) is 0 Å². The zero-order valence-electron chi connectivity index (χ0n) is 13.2. The summed E-state index contributed by atoms with van der Waals surface area (Å²) >= 11 is 0.